The number of benzene rings is 2. The molecule has 3 rings (SSSR count). The van der Waals surface area contributed by atoms with Gasteiger partial charge in [-0.15, -0.1) is 11.8 Å². The van der Waals surface area contributed by atoms with Crippen molar-refractivity contribution in [3.63, 3.8) is 0 Å². The molecular weight excluding hydrogens is 501 g/mol. The summed E-state index contributed by atoms with van der Waals surface area (Å²) in [5.74, 6) is -0.760. The highest BCUT2D eigenvalue weighted by atomic mass is 35.5. The largest absolute Gasteiger partial charge is 0.467 e. The van der Waals surface area contributed by atoms with Crippen molar-refractivity contribution in [3.8, 4) is 0 Å². The van der Waals surface area contributed by atoms with E-state index in [1.807, 2.05) is 0 Å². The minimum Gasteiger partial charge on any atom is -0.467 e. The van der Waals surface area contributed by atoms with Crippen LogP contribution in [0.2, 0.25) is 10.0 Å². The number of thioether (sulfide) groups is 1. The van der Waals surface area contributed by atoms with E-state index in [1.54, 1.807) is 42.5 Å². The number of ether oxygens (including phenoxy) is 1. The van der Waals surface area contributed by atoms with Gasteiger partial charge >= 0.3 is 5.97 Å². The molecule has 180 valence electrons. The predicted molar refractivity (Wildman–Crippen MR) is 132 cm³/mol. The molecule has 1 unspecified atom stereocenters. The number of hydrogen-bond donors (Lipinski definition) is 2. The van der Waals surface area contributed by atoms with Crippen molar-refractivity contribution < 1.29 is 23.9 Å². The Morgan fingerprint density at radius 1 is 1.12 bits per heavy atom. The molecule has 0 radical (unpaired) electrons. The molecule has 2 aromatic carbocycles. The monoisotopic (exact) mass is 523 g/mol. The lowest BCUT2D eigenvalue weighted by Gasteiger charge is -2.24. The van der Waals surface area contributed by atoms with E-state index in [9.17, 15) is 19.2 Å². The molecule has 2 N–H and O–H groups in total. The van der Waals surface area contributed by atoms with Gasteiger partial charge in [-0.05, 0) is 29.8 Å². The Balaban J connectivity index is 1.67. The number of hydrogen-bond acceptors (Lipinski definition) is 6. The third-order valence-electron chi connectivity index (χ3n) is 5.23. The zero-order chi connectivity index (χ0) is 24.8. The topological polar surface area (TPSA) is 105 Å². The van der Waals surface area contributed by atoms with Crippen LogP contribution in [0.5, 0.6) is 0 Å². The Bertz CT molecular complexity index is 1080. The average molecular weight is 524 g/mol. The molecule has 1 saturated heterocycles. The first-order valence-electron chi connectivity index (χ1n) is 10.3. The van der Waals surface area contributed by atoms with Gasteiger partial charge in [0.2, 0.25) is 11.8 Å². The average Bonchev–Trinajstić information content (AvgIpc) is 3.30. The molecule has 8 nitrogen and oxygen atoms in total. The molecule has 11 heteroatoms. The number of halogens is 2. The zero-order valence-electron chi connectivity index (χ0n) is 18.5. The highest BCUT2D eigenvalue weighted by Crippen LogP contribution is 2.25. The van der Waals surface area contributed by atoms with Gasteiger partial charge in [0, 0.05) is 24.8 Å². The van der Waals surface area contributed by atoms with Crippen molar-refractivity contribution in [2.45, 2.75) is 25.4 Å². The molecule has 0 bridgehead atoms. The highest BCUT2D eigenvalue weighted by Gasteiger charge is 2.35. The summed E-state index contributed by atoms with van der Waals surface area (Å²) < 4.78 is 4.85. The molecule has 0 saturated carbocycles. The Morgan fingerprint density at radius 2 is 1.76 bits per heavy atom. The van der Waals surface area contributed by atoms with Gasteiger partial charge in [-0.25, -0.2) is 4.79 Å². The summed E-state index contributed by atoms with van der Waals surface area (Å²) in [5, 5.41) is 5.91. The molecule has 2 atom stereocenters. The SMILES string of the molecule is COC(=O)C(Cc1ccc(NC(=O)c2c(Cl)cccc2Cl)cc1)NC(=O)[C@H]1CSCN1C(C)=O. The molecule has 1 aliphatic heterocycles. The predicted octanol–water partition coefficient (Wildman–Crippen LogP) is 3.37. The fourth-order valence-electron chi connectivity index (χ4n) is 3.44. The van der Waals surface area contributed by atoms with E-state index in [0.29, 0.717) is 17.3 Å². The number of anilines is 1. The van der Waals surface area contributed by atoms with E-state index in [4.69, 9.17) is 27.9 Å². The van der Waals surface area contributed by atoms with E-state index in [0.717, 1.165) is 5.56 Å². The molecule has 1 heterocycles. The summed E-state index contributed by atoms with van der Waals surface area (Å²) in [6, 6.07) is 10.0. The zero-order valence-corrected chi connectivity index (χ0v) is 20.8. The third-order valence-corrected chi connectivity index (χ3v) is 6.88. The number of amides is 3. The molecule has 3 amide bonds. The molecule has 1 fully saturated rings. The Labute approximate surface area is 211 Å². The van der Waals surface area contributed by atoms with Gasteiger partial charge in [0.25, 0.3) is 5.91 Å². The molecule has 1 aliphatic rings. The van der Waals surface area contributed by atoms with Crippen LogP contribution in [-0.2, 0) is 25.5 Å². The molecule has 2 aromatic rings. The lowest BCUT2D eigenvalue weighted by Crippen LogP contribution is -2.52. The van der Waals surface area contributed by atoms with Crippen molar-refractivity contribution in [2.75, 3.05) is 24.1 Å². The third kappa shape index (κ3) is 6.22. The summed E-state index contributed by atoms with van der Waals surface area (Å²) in [7, 11) is 1.24. The van der Waals surface area contributed by atoms with Crippen LogP contribution in [0.1, 0.15) is 22.8 Å². The van der Waals surface area contributed by atoms with E-state index < -0.39 is 29.9 Å². The van der Waals surface area contributed by atoms with Crippen LogP contribution < -0.4 is 10.6 Å². The van der Waals surface area contributed by atoms with E-state index in [2.05, 4.69) is 10.6 Å². The van der Waals surface area contributed by atoms with Crippen LogP contribution in [0.15, 0.2) is 42.5 Å². The van der Waals surface area contributed by atoms with E-state index in [1.165, 1.54) is 30.7 Å². The minimum atomic E-state index is -0.931. The standard InChI is InChI=1S/C23H23Cl2N3O5S/c1-13(29)28-12-34-11-19(28)21(30)27-18(23(32)33-2)10-14-6-8-15(9-7-14)26-22(31)20-16(24)4-3-5-17(20)25/h3-9,18-19H,10-12H2,1-2H3,(H,26,31)(H,27,30)/t18?,19-/m1/s1. The quantitative estimate of drug-likeness (QED) is 0.539. The lowest BCUT2D eigenvalue weighted by atomic mass is 10.0. The van der Waals surface area contributed by atoms with Gasteiger partial charge in [0.05, 0.1) is 28.6 Å². The van der Waals surface area contributed by atoms with Gasteiger partial charge < -0.3 is 20.3 Å². The molecule has 34 heavy (non-hydrogen) atoms. The minimum absolute atomic E-state index is 0.170. The van der Waals surface area contributed by atoms with Crippen LogP contribution in [0.25, 0.3) is 0 Å². The Morgan fingerprint density at radius 3 is 2.35 bits per heavy atom. The number of carbonyl (C=O) groups excluding carboxylic acids is 4. The maximum absolute atomic E-state index is 12.8. The molecule has 0 spiro atoms. The molecule has 0 aliphatic carbocycles. The van der Waals surface area contributed by atoms with Crippen molar-refractivity contribution in [1.82, 2.24) is 10.2 Å². The van der Waals surface area contributed by atoms with Crippen LogP contribution in [0, 0.1) is 0 Å². The van der Waals surface area contributed by atoms with E-state index >= 15 is 0 Å². The van der Waals surface area contributed by atoms with Crippen molar-refractivity contribution in [3.05, 3.63) is 63.6 Å². The fraction of sp³-hybridized carbons (Fsp3) is 0.304. The van der Waals surface area contributed by atoms with Crippen LogP contribution >= 0.6 is 35.0 Å². The summed E-state index contributed by atoms with van der Waals surface area (Å²) in [4.78, 5) is 50.8. The van der Waals surface area contributed by atoms with Crippen molar-refractivity contribution in [1.29, 1.82) is 0 Å². The first kappa shape index (κ1) is 25.9. The maximum atomic E-state index is 12.8. The summed E-state index contributed by atoms with van der Waals surface area (Å²) >= 11 is 13.6. The Kier molecular flexibility index (Phi) is 8.82. The van der Waals surface area contributed by atoms with Gasteiger partial charge in [-0.2, -0.15) is 0 Å². The van der Waals surface area contributed by atoms with E-state index in [-0.39, 0.29) is 27.9 Å². The number of nitrogens with one attached hydrogen (secondary N) is 2. The second-order valence-corrected chi connectivity index (χ2v) is 9.35. The van der Waals surface area contributed by atoms with Crippen LogP contribution in [-0.4, -0.2) is 59.4 Å². The number of carbonyl (C=O) groups is 4. The first-order chi connectivity index (χ1) is 16.2. The fourth-order valence-corrected chi connectivity index (χ4v) is 5.23. The first-order valence-corrected chi connectivity index (χ1v) is 12.2. The van der Waals surface area contributed by atoms with Crippen LogP contribution in [0.4, 0.5) is 5.69 Å². The normalized spacial score (nSPS) is 16.0. The van der Waals surface area contributed by atoms with Gasteiger partial charge in [-0.3, -0.25) is 14.4 Å². The van der Waals surface area contributed by atoms with Gasteiger partial charge in [0.15, 0.2) is 0 Å². The molecular formula is C23H23Cl2N3O5S. The van der Waals surface area contributed by atoms with Gasteiger partial charge in [0.1, 0.15) is 12.1 Å². The number of nitrogens with zero attached hydrogens (tertiary/aromatic N) is 1. The summed E-state index contributed by atoms with van der Waals surface area (Å²) in [5.41, 5.74) is 1.41. The summed E-state index contributed by atoms with van der Waals surface area (Å²) in [6.45, 7) is 1.41. The smallest absolute Gasteiger partial charge is 0.328 e. The van der Waals surface area contributed by atoms with Crippen LogP contribution in [0.3, 0.4) is 0 Å². The van der Waals surface area contributed by atoms with Crippen molar-refractivity contribution >= 4 is 64.3 Å². The van der Waals surface area contributed by atoms with Crippen molar-refractivity contribution in [2.24, 2.45) is 0 Å². The summed E-state index contributed by atoms with van der Waals surface area (Å²) in [6.07, 6.45) is 0.170. The lowest BCUT2D eigenvalue weighted by molar-refractivity contribution is -0.146. The highest BCUT2D eigenvalue weighted by molar-refractivity contribution is 7.99. The van der Waals surface area contributed by atoms with Gasteiger partial charge in [-0.1, -0.05) is 41.4 Å². The number of esters is 1. The maximum Gasteiger partial charge on any atom is 0.328 e. The Hall–Kier alpha value is -2.75. The second-order valence-electron chi connectivity index (χ2n) is 7.54. The second kappa shape index (κ2) is 11.6. The number of rotatable bonds is 7. The molecule has 0 aromatic heterocycles. The number of methoxy groups -OCH3 is 1.